The van der Waals surface area contributed by atoms with Crippen LogP contribution < -0.4 is 14.8 Å². The Morgan fingerprint density at radius 3 is 2.40 bits per heavy atom. The van der Waals surface area contributed by atoms with Crippen LogP contribution in [0.15, 0.2) is 42.5 Å². The number of para-hydroxylation sites is 2. The molecule has 2 heterocycles. The molecular formula is C24H23N3O3. The van der Waals surface area contributed by atoms with Crippen molar-refractivity contribution in [3.63, 3.8) is 0 Å². The number of hydrogen-bond acceptors (Lipinski definition) is 5. The summed E-state index contributed by atoms with van der Waals surface area (Å²) in [4.78, 5) is 23.9. The maximum absolute atomic E-state index is 13.9. The van der Waals surface area contributed by atoms with Crippen LogP contribution >= 0.6 is 0 Å². The summed E-state index contributed by atoms with van der Waals surface area (Å²) in [5.41, 5.74) is 2.96. The van der Waals surface area contributed by atoms with E-state index in [2.05, 4.69) is 26.1 Å². The van der Waals surface area contributed by atoms with E-state index in [1.54, 1.807) is 0 Å². The molecule has 2 atom stereocenters. The maximum Gasteiger partial charge on any atom is 0.237 e. The molecule has 1 saturated carbocycles. The number of anilines is 1. The first kappa shape index (κ1) is 17.7. The van der Waals surface area contributed by atoms with E-state index in [1.165, 1.54) is 0 Å². The standard InChI is InChI=1S/C24H23N3O3/c1-22(2)23(3)10-11-24(22,20-19(23)26-15-6-4-5-7-16(15)27-20)21(28)25-14-8-9-17-18(12-14)30-13-29-17/h4-9,12H,10-11,13H2,1-3H3,(H,25,28). The summed E-state index contributed by atoms with van der Waals surface area (Å²) >= 11 is 0. The highest BCUT2D eigenvalue weighted by molar-refractivity contribution is 6.02. The molecule has 152 valence electrons. The molecule has 1 fully saturated rings. The minimum atomic E-state index is -0.732. The maximum atomic E-state index is 13.9. The van der Waals surface area contributed by atoms with Gasteiger partial charge in [0.05, 0.1) is 27.8 Å². The summed E-state index contributed by atoms with van der Waals surface area (Å²) in [6.45, 7) is 6.82. The highest BCUT2D eigenvalue weighted by atomic mass is 16.7. The molecule has 3 aromatic rings. The van der Waals surface area contributed by atoms with Crippen molar-refractivity contribution in [3.05, 3.63) is 53.9 Å². The van der Waals surface area contributed by atoms with Crippen LogP contribution in [0.3, 0.4) is 0 Å². The fourth-order valence-corrected chi connectivity index (χ4v) is 5.76. The number of nitrogens with one attached hydrogen (secondary N) is 1. The second-order valence-electron chi connectivity index (χ2n) is 9.29. The molecule has 6 rings (SSSR count). The lowest BCUT2D eigenvalue weighted by molar-refractivity contribution is -0.125. The largest absolute Gasteiger partial charge is 0.454 e. The van der Waals surface area contributed by atoms with Crippen molar-refractivity contribution in [2.45, 2.75) is 44.4 Å². The Labute approximate surface area is 174 Å². The molecule has 2 bridgehead atoms. The van der Waals surface area contributed by atoms with Gasteiger partial charge in [-0.15, -0.1) is 0 Å². The van der Waals surface area contributed by atoms with Crippen molar-refractivity contribution in [1.82, 2.24) is 9.97 Å². The molecule has 1 amide bonds. The summed E-state index contributed by atoms with van der Waals surface area (Å²) in [6.07, 6.45) is 1.67. The van der Waals surface area contributed by atoms with Crippen LogP contribution in [0.25, 0.3) is 11.0 Å². The predicted molar refractivity (Wildman–Crippen MR) is 113 cm³/mol. The van der Waals surface area contributed by atoms with E-state index in [1.807, 2.05) is 42.5 Å². The first-order chi connectivity index (χ1) is 14.4. The van der Waals surface area contributed by atoms with E-state index in [0.717, 1.165) is 35.3 Å². The number of amides is 1. The third-order valence-electron chi connectivity index (χ3n) is 7.96. The van der Waals surface area contributed by atoms with Crippen LogP contribution in [0.5, 0.6) is 11.5 Å². The third kappa shape index (κ3) is 1.92. The van der Waals surface area contributed by atoms with Gasteiger partial charge in [0.2, 0.25) is 12.7 Å². The van der Waals surface area contributed by atoms with Gasteiger partial charge in [-0.1, -0.05) is 32.9 Å². The van der Waals surface area contributed by atoms with Gasteiger partial charge in [-0.25, -0.2) is 9.97 Å². The first-order valence-corrected chi connectivity index (χ1v) is 10.4. The van der Waals surface area contributed by atoms with Gasteiger partial charge in [0.15, 0.2) is 11.5 Å². The van der Waals surface area contributed by atoms with Crippen molar-refractivity contribution in [3.8, 4) is 11.5 Å². The molecule has 1 aromatic heterocycles. The van der Waals surface area contributed by atoms with Crippen molar-refractivity contribution in [2.24, 2.45) is 5.41 Å². The average Bonchev–Trinajstić information content (AvgIpc) is 3.32. The van der Waals surface area contributed by atoms with Crippen LogP contribution in [0.2, 0.25) is 0 Å². The molecule has 3 aliphatic rings. The average molecular weight is 401 g/mol. The van der Waals surface area contributed by atoms with Crippen LogP contribution in [-0.4, -0.2) is 22.7 Å². The lowest BCUT2D eigenvalue weighted by Crippen LogP contribution is -2.48. The Hall–Kier alpha value is -3.15. The fourth-order valence-electron chi connectivity index (χ4n) is 5.76. The molecule has 30 heavy (non-hydrogen) atoms. The van der Waals surface area contributed by atoms with E-state index >= 15 is 0 Å². The van der Waals surface area contributed by atoms with Gasteiger partial charge < -0.3 is 14.8 Å². The normalized spacial score (nSPS) is 27.3. The van der Waals surface area contributed by atoms with E-state index in [9.17, 15) is 4.79 Å². The number of fused-ring (bicyclic) bond motifs is 7. The summed E-state index contributed by atoms with van der Waals surface area (Å²) in [7, 11) is 0. The minimum absolute atomic E-state index is 0.0292. The summed E-state index contributed by atoms with van der Waals surface area (Å²) in [5, 5.41) is 3.15. The molecule has 2 aliphatic carbocycles. The molecule has 0 radical (unpaired) electrons. The fraction of sp³-hybridized carbons (Fsp3) is 0.375. The monoisotopic (exact) mass is 401 g/mol. The number of nitrogens with zero attached hydrogens (tertiary/aromatic N) is 2. The van der Waals surface area contributed by atoms with Crippen molar-refractivity contribution < 1.29 is 14.3 Å². The number of hydrogen-bond donors (Lipinski definition) is 1. The van der Waals surface area contributed by atoms with E-state index < -0.39 is 5.41 Å². The van der Waals surface area contributed by atoms with Gasteiger partial charge in [-0.3, -0.25) is 4.79 Å². The zero-order valence-corrected chi connectivity index (χ0v) is 17.3. The number of carbonyl (C=O) groups excluding carboxylic acids is 1. The summed E-state index contributed by atoms with van der Waals surface area (Å²) in [6, 6.07) is 13.4. The van der Waals surface area contributed by atoms with Crippen LogP contribution in [0, 0.1) is 5.41 Å². The molecule has 1 N–H and O–H groups in total. The lowest BCUT2D eigenvalue weighted by Gasteiger charge is -2.39. The van der Waals surface area contributed by atoms with Gasteiger partial charge in [0.1, 0.15) is 0 Å². The van der Waals surface area contributed by atoms with E-state index in [4.69, 9.17) is 19.4 Å². The number of carbonyl (C=O) groups is 1. The van der Waals surface area contributed by atoms with Crippen molar-refractivity contribution in [1.29, 1.82) is 0 Å². The topological polar surface area (TPSA) is 73.3 Å². The summed E-state index contributed by atoms with van der Waals surface area (Å²) < 4.78 is 10.9. The highest BCUT2D eigenvalue weighted by Crippen LogP contribution is 2.70. The van der Waals surface area contributed by atoms with Gasteiger partial charge in [0.25, 0.3) is 0 Å². The predicted octanol–water partition coefficient (Wildman–Crippen LogP) is 4.33. The Balaban J connectivity index is 1.49. The Kier molecular flexibility index (Phi) is 3.25. The molecule has 6 heteroatoms. The zero-order valence-electron chi connectivity index (χ0n) is 17.3. The lowest BCUT2D eigenvalue weighted by atomic mass is 9.63. The Morgan fingerprint density at radius 2 is 1.63 bits per heavy atom. The van der Waals surface area contributed by atoms with Crippen LogP contribution in [0.1, 0.15) is 45.0 Å². The van der Waals surface area contributed by atoms with Gasteiger partial charge in [-0.05, 0) is 42.5 Å². The van der Waals surface area contributed by atoms with Gasteiger partial charge in [-0.2, -0.15) is 0 Å². The highest BCUT2D eigenvalue weighted by Gasteiger charge is 2.73. The zero-order chi connectivity index (χ0) is 20.7. The second kappa shape index (κ2) is 5.50. The first-order valence-electron chi connectivity index (χ1n) is 10.4. The van der Waals surface area contributed by atoms with Crippen LogP contribution in [0.4, 0.5) is 5.69 Å². The van der Waals surface area contributed by atoms with Crippen molar-refractivity contribution >= 4 is 22.6 Å². The third-order valence-corrected chi connectivity index (χ3v) is 7.96. The van der Waals surface area contributed by atoms with E-state index in [-0.39, 0.29) is 23.5 Å². The van der Waals surface area contributed by atoms with E-state index in [0.29, 0.717) is 17.2 Å². The number of ether oxygens (including phenoxy) is 2. The second-order valence-corrected chi connectivity index (χ2v) is 9.29. The minimum Gasteiger partial charge on any atom is -0.454 e. The Bertz CT molecular complexity index is 1240. The van der Waals surface area contributed by atoms with Gasteiger partial charge in [0, 0.05) is 17.2 Å². The molecule has 6 nitrogen and oxygen atoms in total. The quantitative estimate of drug-likeness (QED) is 0.692. The van der Waals surface area contributed by atoms with Crippen LogP contribution in [-0.2, 0) is 15.6 Å². The number of aromatic nitrogens is 2. The number of benzene rings is 2. The molecule has 2 unspecified atom stereocenters. The molecule has 1 aliphatic heterocycles. The van der Waals surface area contributed by atoms with Crippen molar-refractivity contribution in [2.75, 3.05) is 12.1 Å². The molecular weight excluding hydrogens is 378 g/mol. The summed E-state index contributed by atoms with van der Waals surface area (Å²) in [5.74, 6) is 1.32. The van der Waals surface area contributed by atoms with Gasteiger partial charge >= 0.3 is 0 Å². The molecule has 2 aromatic carbocycles. The smallest absolute Gasteiger partial charge is 0.237 e. The Morgan fingerprint density at radius 1 is 0.933 bits per heavy atom. The molecule has 0 saturated heterocycles. The SMILES string of the molecule is CC12CCC(C(=O)Nc3ccc4c(c3)OCO4)(c3nc4ccccc4nc31)C2(C)C. The number of rotatable bonds is 2. The molecule has 0 spiro atoms.